The molecule has 1 N–H and O–H groups in total. The molecule has 6 heteroatoms. The lowest BCUT2D eigenvalue weighted by molar-refractivity contribution is 0.284. The SMILES string of the molecule is COc1ccc(N/N=C/c2cccc(OC)c2OCc2ccccc2)cc1Cl. The van der Waals surface area contributed by atoms with Gasteiger partial charge in [0.25, 0.3) is 0 Å². The normalized spacial score (nSPS) is 10.7. The van der Waals surface area contributed by atoms with Crippen LogP contribution >= 0.6 is 11.6 Å². The number of para-hydroxylation sites is 1. The number of benzene rings is 3. The molecule has 0 aliphatic rings. The fraction of sp³-hybridized carbons (Fsp3) is 0.136. The Bertz CT molecular complexity index is 946. The van der Waals surface area contributed by atoms with Crippen LogP contribution in [0.5, 0.6) is 17.2 Å². The summed E-state index contributed by atoms with van der Waals surface area (Å²) in [6.07, 6.45) is 1.68. The van der Waals surface area contributed by atoms with Crippen molar-refractivity contribution in [3.05, 3.63) is 82.9 Å². The van der Waals surface area contributed by atoms with Crippen molar-refractivity contribution in [2.24, 2.45) is 5.10 Å². The van der Waals surface area contributed by atoms with E-state index in [1.54, 1.807) is 32.6 Å². The van der Waals surface area contributed by atoms with E-state index in [4.69, 9.17) is 25.8 Å². The Morgan fingerprint density at radius 1 is 0.929 bits per heavy atom. The first-order valence-electron chi connectivity index (χ1n) is 8.67. The van der Waals surface area contributed by atoms with Crippen molar-refractivity contribution in [1.82, 2.24) is 0 Å². The van der Waals surface area contributed by atoms with Gasteiger partial charge in [-0.3, -0.25) is 5.43 Å². The largest absolute Gasteiger partial charge is 0.495 e. The highest BCUT2D eigenvalue weighted by Crippen LogP contribution is 2.31. The van der Waals surface area contributed by atoms with Crippen LogP contribution in [0.15, 0.2) is 71.8 Å². The number of anilines is 1. The summed E-state index contributed by atoms with van der Waals surface area (Å²) in [4.78, 5) is 0. The van der Waals surface area contributed by atoms with Gasteiger partial charge in [0.2, 0.25) is 0 Å². The van der Waals surface area contributed by atoms with E-state index in [9.17, 15) is 0 Å². The summed E-state index contributed by atoms with van der Waals surface area (Å²) in [6, 6.07) is 21.0. The molecule has 0 radical (unpaired) electrons. The molecule has 0 fully saturated rings. The lowest BCUT2D eigenvalue weighted by Crippen LogP contribution is -2.01. The first kappa shape index (κ1) is 19.6. The van der Waals surface area contributed by atoms with Crippen molar-refractivity contribution in [2.75, 3.05) is 19.6 Å². The minimum Gasteiger partial charge on any atom is -0.495 e. The number of hydrogen-bond donors (Lipinski definition) is 1. The maximum absolute atomic E-state index is 6.14. The van der Waals surface area contributed by atoms with Crippen molar-refractivity contribution < 1.29 is 14.2 Å². The number of halogens is 1. The van der Waals surface area contributed by atoms with E-state index in [2.05, 4.69) is 10.5 Å². The first-order valence-corrected chi connectivity index (χ1v) is 9.05. The Morgan fingerprint density at radius 2 is 1.71 bits per heavy atom. The summed E-state index contributed by atoms with van der Waals surface area (Å²) in [5, 5.41) is 4.80. The average Bonchev–Trinajstić information content (AvgIpc) is 2.73. The predicted octanol–water partition coefficient (Wildman–Crippen LogP) is 5.38. The predicted molar refractivity (Wildman–Crippen MR) is 113 cm³/mol. The Kier molecular flexibility index (Phi) is 6.76. The Morgan fingerprint density at radius 3 is 2.43 bits per heavy atom. The second-order valence-electron chi connectivity index (χ2n) is 5.87. The maximum atomic E-state index is 6.14. The lowest BCUT2D eigenvalue weighted by atomic mass is 10.2. The van der Waals surface area contributed by atoms with Gasteiger partial charge in [0.1, 0.15) is 12.4 Å². The molecule has 0 saturated carbocycles. The number of hydrogen-bond acceptors (Lipinski definition) is 5. The minimum absolute atomic E-state index is 0.434. The minimum atomic E-state index is 0.434. The smallest absolute Gasteiger partial charge is 0.170 e. The molecule has 0 spiro atoms. The number of nitrogens with zero attached hydrogens (tertiary/aromatic N) is 1. The molecule has 0 aliphatic heterocycles. The summed E-state index contributed by atoms with van der Waals surface area (Å²) in [6.45, 7) is 0.434. The van der Waals surface area contributed by atoms with E-state index < -0.39 is 0 Å². The van der Waals surface area contributed by atoms with Crippen molar-refractivity contribution >= 4 is 23.5 Å². The first-order chi connectivity index (χ1) is 13.7. The molecule has 28 heavy (non-hydrogen) atoms. The molecule has 5 nitrogen and oxygen atoms in total. The molecular formula is C22H21ClN2O3. The second kappa shape index (κ2) is 9.67. The van der Waals surface area contributed by atoms with Gasteiger partial charge in [-0.25, -0.2) is 0 Å². The van der Waals surface area contributed by atoms with E-state index in [1.807, 2.05) is 54.6 Å². The fourth-order valence-electron chi connectivity index (χ4n) is 2.59. The zero-order valence-corrected chi connectivity index (χ0v) is 16.4. The standard InChI is InChI=1S/C22H21ClN2O3/c1-26-20-12-11-18(13-19(20)23)25-24-14-17-9-6-10-21(27-2)22(17)28-15-16-7-4-3-5-8-16/h3-14,25H,15H2,1-2H3/b24-14+. The number of ether oxygens (including phenoxy) is 3. The number of methoxy groups -OCH3 is 2. The molecular weight excluding hydrogens is 376 g/mol. The van der Waals surface area contributed by atoms with Crippen LogP contribution in [0.3, 0.4) is 0 Å². The highest BCUT2D eigenvalue weighted by atomic mass is 35.5. The summed E-state index contributed by atoms with van der Waals surface area (Å²) in [5.41, 5.74) is 5.57. The van der Waals surface area contributed by atoms with Gasteiger partial charge in [-0.15, -0.1) is 0 Å². The van der Waals surface area contributed by atoms with Crippen molar-refractivity contribution in [2.45, 2.75) is 6.61 Å². The summed E-state index contributed by atoms with van der Waals surface area (Å²) < 4.78 is 16.6. The molecule has 0 aliphatic carbocycles. The molecule has 3 aromatic carbocycles. The summed E-state index contributed by atoms with van der Waals surface area (Å²) in [7, 11) is 3.19. The number of nitrogens with one attached hydrogen (secondary N) is 1. The third-order valence-electron chi connectivity index (χ3n) is 4.00. The number of hydrazone groups is 1. The molecule has 0 bridgehead atoms. The van der Waals surface area contributed by atoms with Crippen LogP contribution in [0.4, 0.5) is 5.69 Å². The highest BCUT2D eigenvalue weighted by molar-refractivity contribution is 6.32. The Hall–Kier alpha value is -3.18. The zero-order valence-electron chi connectivity index (χ0n) is 15.7. The van der Waals surface area contributed by atoms with E-state index in [1.165, 1.54) is 0 Å². The second-order valence-corrected chi connectivity index (χ2v) is 6.28. The topological polar surface area (TPSA) is 52.1 Å². The van der Waals surface area contributed by atoms with Gasteiger partial charge in [-0.2, -0.15) is 5.10 Å². The van der Waals surface area contributed by atoms with Crippen molar-refractivity contribution in [3.8, 4) is 17.2 Å². The molecule has 144 valence electrons. The third kappa shape index (κ3) is 4.96. The molecule has 0 heterocycles. The molecule has 3 aromatic rings. The van der Waals surface area contributed by atoms with Crippen LogP contribution in [0.1, 0.15) is 11.1 Å². The van der Waals surface area contributed by atoms with Crippen LogP contribution in [0.25, 0.3) is 0 Å². The van der Waals surface area contributed by atoms with Gasteiger partial charge in [-0.1, -0.05) is 48.0 Å². The van der Waals surface area contributed by atoms with Crippen LogP contribution in [0.2, 0.25) is 5.02 Å². The highest BCUT2D eigenvalue weighted by Gasteiger charge is 2.10. The molecule has 0 unspecified atom stereocenters. The Balaban J connectivity index is 1.75. The van der Waals surface area contributed by atoms with Gasteiger partial charge in [0.15, 0.2) is 11.5 Å². The average molecular weight is 397 g/mol. The maximum Gasteiger partial charge on any atom is 0.170 e. The summed E-state index contributed by atoms with van der Waals surface area (Å²) in [5.74, 6) is 1.89. The zero-order chi connectivity index (χ0) is 19.8. The van der Waals surface area contributed by atoms with Crippen molar-refractivity contribution in [1.29, 1.82) is 0 Å². The van der Waals surface area contributed by atoms with Gasteiger partial charge in [-0.05, 0) is 35.9 Å². The quantitative estimate of drug-likeness (QED) is 0.410. The van der Waals surface area contributed by atoms with Gasteiger partial charge >= 0.3 is 0 Å². The van der Waals surface area contributed by atoms with E-state index in [-0.39, 0.29) is 0 Å². The van der Waals surface area contributed by atoms with Crippen molar-refractivity contribution in [3.63, 3.8) is 0 Å². The van der Waals surface area contributed by atoms with E-state index >= 15 is 0 Å². The number of rotatable bonds is 8. The summed E-state index contributed by atoms with van der Waals surface area (Å²) >= 11 is 6.14. The molecule has 3 rings (SSSR count). The molecule has 0 aromatic heterocycles. The molecule has 0 amide bonds. The fourth-order valence-corrected chi connectivity index (χ4v) is 2.85. The van der Waals surface area contributed by atoms with Crippen LogP contribution in [0, 0.1) is 0 Å². The van der Waals surface area contributed by atoms with Gasteiger partial charge < -0.3 is 14.2 Å². The van der Waals surface area contributed by atoms with Gasteiger partial charge in [0.05, 0.1) is 31.1 Å². The Labute approximate surface area is 169 Å². The van der Waals surface area contributed by atoms with Crippen LogP contribution < -0.4 is 19.6 Å². The van der Waals surface area contributed by atoms with Crippen LogP contribution in [-0.2, 0) is 6.61 Å². The van der Waals surface area contributed by atoms with E-state index in [0.29, 0.717) is 28.9 Å². The van der Waals surface area contributed by atoms with E-state index in [0.717, 1.165) is 16.8 Å². The van der Waals surface area contributed by atoms with Gasteiger partial charge in [0, 0.05) is 5.56 Å². The monoisotopic (exact) mass is 396 g/mol. The third-order valence-corrected chi connectivity index (χ3v) is 4.30. The lowest BCUT2D eigenvalue weighted by Gasteiger charge is -2.13. The molecule has 0 saturated heterocycles. The van der Waals surface area contributed by atoms with Crippen LogP contribution in [-0.4, -0.2) is 20.4 Å². The molecule has 0 atom stereocenters.